The van der Waals surface area contributed by atoms with Crippen molar-refractivity contribution in [3.05, 3.63) is 107 Å². The Labute approximate surface area is 168 Å². The Bertz CT molecular complexity index is 1320. The van der Waals surface area contributed by atoms with E-state index in [1.54, 1.807) is 24.3 Å². The number of hydrogen-bond donors (Lipinski definition) is 0. The molecule has 0 bridgehead atoms. The molecule has 0 N–H and O–H groups in total. The fourth-order valence-electron chi connectivity index (χ4n) is 3.46. The summed E-state index contributed by atoms with van der Waals surface area (Å²) in [5, 5.41) is 20.0. The van der Waals surface area contributed by atoms with Crippen molar-refractivity contribution in [2.45, 2.75) is 6.54 Å². The lowest BCUT2D eigenvalue weighted by atomic mass is 10.0. The van der Waals surface area contributed by atoms with Crippen LogP contribution in [-0.4, -0.2) is 4.57 Å². The number of para-hydroxylation sites is 1. The summed E-state index contributed by atoms with van der Waals surface area (Å²) in [5.74, 6) is -0.376. The number of nitrogens with zero attached hydrogens (tertiary/aromatic N) is 3. The van der Waals surface area contributed by atoms with Crippen LogP contribution < -0.4 is 0 Å². The lowest BCUT2D eigenvalue weighted by molar-refractivity contribution is 0.627. The molecule has 29 heavy (non-hydrogen) atoms. The average Bonchev–Trinajstić information content (AvgIpc) is 3.10. The predicted octanol–water partition coefficient (Wildman–Crippen LogP) is 5.76. The molecule has 0 unspecified atom stereocenters. The Morgan fingerprint density at radius 2 is 1.76 bits per heavy atom. The van der Waals surface area contributed by atoms with Crippen LogP contribution in [0.3, 0.4) is 0 Å². The number of hydrogen-bond acceptors (Lipinski definition) is 2. The monoisotopic (exact) mass is 377 g/mol. The second kappa shape index (κ2) is 7.84. The molecule has 3 nitrogen and oxygen atoms in total. The first-order valence-corrected chi connectivity index (χ1v) is 9.13. The van der Waals surface area contributed by atoms with E-state index in [0.717, 1.165) is 22.0 Å². The summed E-state index contributed by atoms with van der Waals surface area (Å²) in [6, 6.07) is 25.9. The molecule has 4 rings (SSSR count). The lowest BCUT2D eigenvalue weighted by Crippen LogP contribution is -2.00. The van der Waals surface area contributed by atoms with Gasteiger partial charge in [-0.3, -0.25) is 0 Å². The van der Waals surface area contributed by atoms with Crippen LogP contribution in [0.5, 0.6) is 0 Å². The zero-order chi connectivity index (χ0) is 20.2. The summed E-state index contributed by atoms with van der Waals surface area (Å²) in [4.78, 5) is 0. The molecule has 0 saturated heterocycles. The highest BCUT2D eigenvalue weighted by atomic mass is 19.1. The molecule has 4 heteroatoms. The first-order valence-electron chi connectivity index (χ1n) is 9.13. The molecule has 0 aliphatic rings. The summed E-state index contributed by atoms with van der Waals surface area (Å²) < 4.78 is 15.7. The number of fused-ring (bicyclic) bond motifs is 1. The lowest BCUT2D eigenvalue weighted by Gasteiger charge is -2.07. The quantitative estimate of drug-likeness (QED) is 0.424. The van der Waals surface area contributed by atoms with Crippen LogP contribution in [0.25, 0.3) is 22.6 Å². The third-order valence-electron chi connectivity index (χ3n) is 4.85. The van der Waals surface area contributed by atoms with Gasteiger partial charge in [0.15, 0.2) is 0 Å². The maximum absolute atomic E-state index is 13.6. The van der Waals surface area contributed by atoms with Crippen molar-refractivity contribution in [1.29, 1.82) is 10.5 Å². The molecule has 4 aromatic rings. The van der Waals surface area contributed by atoms with Gasteiger partial charge in [0.2, 0.25) is 0 Å². The summed E-state index contributed by atoms with van der Waals surface area (Å²) in [6.45, 7) is 0.542. The second-order valence-electron chi connectivity index (χ2n) is 6.68. The van der Waals surface area contributed by atoms with Crippen molar-refractivity contribution in [3.8, 4) is 12.1 Å². The van der Waals surface area contributed by atoms with E-state index in [1.165, 1.54) is 12.1 Å². The molecule has 0 amide bonds. The molecule has 0 fully saturated rings. The van der Waals surface area contributed by atoms with Gasteiger partial charge in [-0.05, 0) is 41.5 Å². The van der Waals surface area contributed by atoms with Gasteiger partial charge in [-0.2, -0.15) is 10.5 Å². The summed E-state index contributed by atoms with van der Waals surface area (Å²) in [7, 11) is 0. The number of halogens is 1. The van der Waals surface area contributed by atoms with Crippen LogP contribution in [0.2, 0.25) is 0 Å². The van der Waals surface area contributed by atoms with E-state index in [4.69, 9.17) is 0 Å². The number of nitriles is 2. The van der Waals surface area contributed by atoms with Gasteiger partial charge in [-0.1, -0.05) is 48.5 Å². The van der Waals surface area contributed by atoms with Gasteiger partial charge in [0.1, 0.15) is 5.82 Å². The third-order valence-corrected chi connectivity index (χ3v) is 4.85. The van der Waals surface area contributed by atoms with Crippen molar-refractivity contribution in [2.75, 3.05) is 0 Å². The van der Waals surface area contributed by atoms with Gasteiger partial charge in [-0.15, -0.1) is 0 Å². The number of allylic oxidation sites excluding steroid dienone is 1. The Hall–Kier alpha value is -4.15. The molecule has 0 spiro atoms. The SMILES string of the molecule is N#C/C(=C/c1cn(Cc2ccccc2C#N)c2ccccc12)c1cccc(F)c1. The highest BCUT2D eigenvalue weighted by Crippen LogP contribution is 2.27. The fraction of sp³-hybridized carbons (Fsp3) is 0.0400. The van der Waals surface area contributed by atoms with Crippen molar-refractivity contribution in [2.24, 2.45) is 0 Å². The molecule has 0 aliphatic heterocycles. The molecule has 138 valence electrons. The van der Waals surface area contributed by atoms with Gasteiger partial charge in [-0.25, -0.2) is 4.39 Å². The summed E-state index contributed by atoms with van der Waals surface area (Å²) >= 11 is 0. The first-order chi connectivity index (χ1) is 14.2. The molecule has 0 atom stereocenters. The Kier molecular flexibility index (Phi) is 4.93. The Morgan fingerprint density at radius 1 is 0.966 bits per heavy atom. The summed E-state index contributed by atoms with van der Waals surface area (Å²) in [5.41, 5.74) is 4.37. The highest BCUT2D eigenvalue weighted by molar-refractivity contribution is 5.98. The van der Waals surface area contributed by atoms with E-state index in [1.807, 2.05) is 48.7 Å². The largest absolute Gasteiger partial charge is 0.342 e. The second-order valence-corrected chi connectivity index (χ2v) is 6.68. The van der Waals surface area contributed by atoms with E-state index in [0.29, 0.717) is 23.2 Å². The molecule has 1 heterocycles. The third kappa shape index (κ3) is 3.65. The van der Waals surface area contributed by atoms with Gasteiger partial charge >= 0.3 is 0 Å². The molecule has 0 saturated carbocycles. The van der Waals surface area contributed by atoms with E-state index in [2.05, 4.69) is 16.7 Å². The minimum atomic E-state index is -0.376. The standard InChI is InChI=1S/C25H16FN3/c26-23-9-5-8-18(13-23)21(15-28)12-22-17-29(25-11-4-3-10-24(22)25)16-20-7-2-1-6-19(20)14-27/h1-13,17H,16H2/b21-12-. The molecule has 3 aromatic carbocycles. The van der Waals surface area contributed by atoms with E-state index in [-0.39, 0.29) is 5.82 Å². The van der Waals surface area contributed by atoms with Crippen LogP contribution in [0.1, 0.15) is 22.3 Å². The Morgan fingerprint density at radius 3 is 2.55 bits per heavy atom. The number of benzene rings is 3. The molecular formula is C25H16FN3. The zero-order valence-corrected chi connectivity index (χ0v) is 15.5. The van der Waals surface area contributed by atoms with Gasteiger partial charge in [0.25, 0.3) is 0 Å². The van der Waals surface area contributed by atoms with Gasteiger partial charge in [0, 0.05) is 29.2 Å². The van der Waals surface area contributed by atoms with Crippen molar-refractivity contribution in [1.82, 2.24) is 4.57 Å². The van der Waals surface area contributed by atoms with Crippen LogP contribution in [0.4, 0.5) is 4.39 Å². The van der Waals surface area contributed by atoms with Gasteiger partial charge < -0.3 is 4.57 Å². The fourth-order valence-corrected chi connectivity index (χ4v) is 3.46. The zero-order valence-electron chi connectivity index (χ0n) is 15.5. The smallest absolute Gasteiger partial charge is 0.123 e. The van der Waals surface area contributed by atoms with Crippen LogP contribution in [0.15, 0.2) is 79.0 Å². The predicted molar refractivity (Wildman–Crippen MR) is 112 cm³/mol. The van der Waals surface area contributed by atoms with Crippen molar-refractivity contribution >= 4 is 22.6 Å². The van der Waals surface area contributed by atoms with E-state index in [9.17, 15) is 14.9 Å². The molecule has 1 aromatic heterocycles. The molecular weight excluding hydrogens is 361 g/mol. The first kappa shape index (κ1) is 18.2. The highest BCUT2D eigenvalue weighted by Gasteiger charge is 2.11. The van der Waals surface area contributed by atoms with Crippen LogP contribution >= 0.6 is 0 Å². The van der Waals surface area contributed by atoms with E-state index >= 15 is 0 Å². The number of rotatable bonds is 4. The minimum Gasteiger partial charge on any atom is -0.342 e. The van der Waals surface area contributed by atoms with Gasteiger partial charge in [0.05, 0.1) is 23.3 Å². The molecule has 0 radical (unpaired) electrons. The minimum absolute atomic E-state index is 0.376. The average molecular weight is 377 g/mol. The van der Waals surface area contributed by atoms with E-state index < -0.39 is 0 Å². The van der Waals surface area contributed by atoms with Crippen LogP contribution in [0, 0.1) is 28.5 Å². The maximum Gasteiger partial charge on any atom is 0.123 e. The Balaban J connectivity index is 1.83. The summed E-state index contributed by atoms with van der Waals surface area (Å²) in [6.07, 6.45) is 3.75. The van der Waals surface area contributed by atoms with Crippen molar-refractivity contribution in [3.63, 3.8) is 0 Å². The molecule has 0 aliphatic carbocycles. The topological polar surface area (TPSA) is 52.5 Å². The normalized spacial score (nSPS) is 11.2. The number of aromatic nitrogens is 1. The maximum atomic E-state index is 13.6. The van der Waals surface area contributed by atoms with Crippen LogP contribution in [-0.2, 0) is 6.54 Å². The van der Waals surface area contributed by atoms with Crippen molar-refractivity contribution < 1.29 is 4.39 Å².